The van der Waals surface area contributed by atoms with Gasteiger partial charge in [-0.3, -0.25) is 4.79 Å². The van der Waals surface area contributed by atoms with Gasteiger partial charge in [-0.05, 0) is 67.1 Å². The highest BCUT2D eigenvalue weighted by Gasteiger charge is 2.64. The van der Waals surface area contributed by atoms with Crippen molar-refractivity contribution in [2.75, 3.05) is 0 Å². The average Bonchev–Trinajstić information content (AvgIpc) is 3.08. The maximum atomic E-state index is 12.0. The molecule has 4 nitrogen and oxygen atoms in total. The topological polar surface area (TPSA) is 66.8 Å². The number of ether oxygens (including phenoxy) is 1. The number of hydrogen-bond donors (Lipinski definition) is 2. The number of allylic oxidation sites excluding steroid dienone is 4. The third-order valence-electron chi connectivity index (χ3n) is 10.5. The average molecular weight is 471 g/mol. The van der Waals surface area contributed by atoms with Crippen molar-refractivity contribution in [3.8, 4) is 0 Å². The molecule has 10 unspecified atom stereocenters. The summed E-state index contributed by atoms with van der Waals surface area (Å²) in [7, 11) is 0. The van der Waals surface area contributed by atoms with Crippen molar-refractivity contribution >= 4 is 5.97 Å². The van der Waals surface area contributed by atoms with Crippen LogP contribution in [0.2, 0.25) is 0 Å². The minimum atomic E-state index is -0.490. The van der Waals surface area contributed by atoms with E-state index in [2.05, 4.69) is 59.4 Å². The smallest absolute Gasteiger partial charge is 0.302 e. The third kappa shape index (κ3) is 4.13. The number of carbonyl (C=O) groups is 1. The molecular formula is C30H46O4. The number of esters is 1. The van der Waals surface area contributed by atoms with Crippen molar-refractivity contribution < 1.29 is 19.7 Å². The Bertz CT molecular complexity index is 871. The Hall–Kier alpha value is -1.39. The molecule has 0 heterocycles. The number of hydrogen-bond acceptors (Lipinski definition) is 4. The van der Waals surface area contributed by atoms with E-state index in [1.54, 1.807) is 0 Å². The van der Waals surface area contributed by atoms with Gasteiger partial charge in [0.05, 0.1) is 12.2 Å². The van der Waals surface area contributed by atoms with Gasteiger partial charge in [0.2, 0.25) is 0 Å². The van der Waals surface area contributed by atoms with E-state index in [0.29, 0.717) is 42.4 Å². The van der Waals surface area contributed by atoms with E-state index in [-0.39, 0.29) is 23.4 Å². The number of aliphatic hydroxyl groups is 2. The zero-order valence-electron chi connectivity index (χ0n) is 22.1. The minimum Gasteiger partial charge on any atom is -0.462 e. The Labute approximate surface area is 206 Å². The van der Waals surface area contributed by atoms with Gasteiger partial charge in [0, 0.05) is 24.7 Å². The summed E-state index contributed by atoms with van der Waals surface area (Å²) in [6.07, 6.45) is 10.8. The molecule has 2 N–H and O–H groups in total. The Morgan fingerprint density at radius 1 is 1.24 bits per heavy atom. The first-order chi connectivity index (χ1) is 15.9. The SMILES string of the molecule is C=C(C=CC(C)C1CCC2C3CC=C4CC(O)CC(OC(C)=O)C4(C)C3C(O)CC12C)C(C)C. The molecule has 10 atom stereocenters. The zero-order chi connectivity index (χ0) is 25.0. The van der Waals surface area contributed by atoms with Gasteiger partial charge < -0.3 is 14.9 Å². The molecule has 0 aromatic carbocycles. The van der Waals surface area contributed by atoms with E-state index in [9.17, 15) is 15.0 Å². The normalized spacial score (nSPS) is 44.7. The summed E-state index contributed by atoms with van der Waals surface area (Å²) < 4.78 is 5.83. The van der Waals surface area contributed by atoms with Crippen molar-refractivity contribution in [2.45, 2.75) is 98.4 Å². The van der Waals surface area contributed by atoms with Crippen molar-refractivity contribution in [3.05, 3.63) is 36.0 Å². The first-order valence-electron chi connectivity index (χ1n) is 13.5. The molecule has 0 aliphatic heterocycles. The van der Waals surface area contributed by atoms with Gasteiger partial charge in [0.15, 0.2) is 0 Å². The van der Waals surface area contributed by atoms with Gasteiger partial charge in [-0.1, -0.05) is 70.6 Å². The van der Waals surface area contributed by atoms with Crippen LogP contribution in [-0.4, -0.2) is 34.5 Å². The molecule has 0 amide bonds. The Morgan fingerprint density at radius 3 is 2.59 bits per heavy atom. The molecule has 0 aromatic heterocycles. The highest BCUT2D eigenvalue weighted by molar-refractivity contribution is 5.66. The Balaban J connectivity index is 1.64. The van der Waals surface area contributed by atoms with Crippen LogP contribution in [0, 0.1) is 46.3 Å². The monoisotopic (exact) mass is 470 g/mol. The quantitative estimate of drug-likeness (QED) is 0.301. The molecule has 0 spiro atoms. The third-order valence-corrected chi connectivity index (χ3v) is 10.5. The van der Waals surface area contributed by atoms with Crippen LogP contribution in [0.1, 0.15) is 80.1 Å². The van der Waals surface area contributed by atoms with Gasteiger partial charge in [-0.25, -0.2) is 0 Å². The standard InChI is InChI=1S/C30H46O4/c1-17(2)18(3)8-9-19(4)24-12-13-25-23-11-10-21-14-22(32)15-27(34-20(5)31)30(21,7)28(23)26(33)16-29(24,25)6/h8-10,17,19,22-28,32-33H,3,11-16H2,1-2,4-7H3. The highest BCUT2D eigenvalue weighted by atomic mass is 16.5. The maximum Gasteiger partial charge on any atom is 0.302 e. The van der Waals surface area contributed by atoms with E-state index in [1.807, 2.05) is 0 Å². The Morgan fingerprint density at radius 2 is 1.94 bits per heavy atom. The second-order valence-electron chi connectivity index (χ2n) is 12.6. The van der Waals surface area contributed by atoms with E-state index in [4.69, 9.17) is 4.74 Å². The molecule has 4 heteroatoms. The summed E-state index contributed by atoms with van der Waals surface area (Å²) in [6.45, 7) is 17.0. The summed E-state index contributed by atoms with van der Waals surface area (Å²) in [5, 5.41) is 22.3. The summed E-state index contributed by atoms with van der Waals surface area (Å²) in [4.78, 5) is 12.0. The predicted octanol–water partition coefficient (Wildman–Crippen LogP) is 5.84. The first-order valence-corrected chi connectivity index (χ1v) is 13.5. The number of fused-ring (bicyclic) bond motifs is 5. The Kier molecular flexibility index (Phi) is 6.98. The fourth-order valence-corrected chi connectivity index (χ4v) is 8.67. The van der Waals surface area contributed by atoms with Crippen LogP contribution in [0.4, 0.5) is 0 Å². The molecular weight excluding hydrogens is 424 g/mol. The second kappa shape index (κ2) is 9.24. The lowest BCUT2D eigenvalue weighted by atomic mass is 9.45. The molecule has 3 fully saturated rings. The lowest BCUT2D eigenvalue weighted by Gasteiger charge is -2.61. The van der Waals surface area contributed by atoms with Crippen LogP contribution in [-0.2, 0) is 9.53 Å². The maximum absolute atomic E-state index is 12.0. The molecule has 34 heavy (non-hydrogen) atoms. The highest BCUT2D eigenvalue weighted by Crippen LogP contribution is 2.67. The van der Waals surface area contributed by atoms with Crippen LogP contribution in [0.15, 0.2) is 36.0 Å². The first kappa shape index (κ1) is 25.7. The summed E-state index contributed by atoms with van der Waals surface area (Å²) in [6, 6.07) is 0. The molecule has 4 rings (SSSR count). The zero-order valence-corrected chi connectivity index (χ0v) is 22.1. The van der Waals surface area contributed by atoms with E-state index >= 15 is 0 Å². The van der Waals surface area contributed by atoms with Crippen molar-refractivity contribution in [3.63, 3.8) is 0 Å². The van der Waals surface area contributed by atoms with E-state index in [0.717, 1.165) is 12.8 Å². The predicted molar refractivity (Wildman–Crippen MR) is 136 cm³/mol. The number of rotatable bonds is 5. The van der Waals surface area contributed by atoms with Crippen LogP contribution < -0.4 is 0 Å². The van der Waals surface area contributed by atoms with Gasteiger partial charge in [0.1, 0.15) is 6.10 Å². The fourth-order valence-electron chi connectivity index (χ4n) is 8.67. The van der Waals surface area contributed by atoms with Gasteiger partial charge in [-0.15, -0.1) is 0 Å². The number of carbonyl (C=O) groups excluding carboxylic acids is 1. The van der Waals surface area contributed by atoms with Gasteiger partial charge >= 0.3 is 5.97 Å². The van der Waals surface area contributed by atoms with Crippen LogP contribution >= 0.6 is 0 Å². The van der Waals surface area contributed by atoms with Gasteiger partial charge in [0.25, 0.3) is 0 Å². The molecule has 0 radical (unpaired) electrons. The molecule has 190 valence electrons. The van der Waals surface area contributed by atoms with Crippen molar-refractivity contribution in [2.24, 2.45) is 46.3 Å². The van der Waals surface area contributed by atoms with Crippen LogP contribution in [0.3, 0.4) is 0 Å². The van der Waals surface area contributed by atoms with E-state index < -0.39 is 17.6 Å². The molecule has 3 saturated carbocycles. The summed E-state index contributed by atoms with van der Waals surface area (Å²) in [5.41, 5.74) is 2.03. The van der Waals surface area contributed by atoms with Gasteiger partial charge in [-0.2, -0.15) is 0 Å². The minimum absolute atomic E-state index is 0.0627. The second-order valence-corrected chi connectivity index (χ2v) is 12.6. The largest absolute Gasteiger partial charge is 0.462 e. The fraction of sp³-hybridized carbons (Fsp3) is 0.767. The molecule has 4 aliphatic carbocycles. The summed E-state index contributed by atoms with van der Waals surface area (Å²) >= 11 is 0. The van der Waals surface area contributed by atoms with E-state index in [1.165, 1.54) is 30.9 Å². The molecule has 4 aliphatic rings. The van der Waals surface area contributed by atoms with Crippen molar-refractivity contribution in [1.29, 1.82) is 0 Å². The lowest BCUT2D eigenvalue weighted by Crippen LogP contribution is -2.61. The molecule has 0 bridgehead atoms. The molecule has 0 aromatic rings. The lowest BCUT2D eigenvalue weighted by molar-refractivity contribution is -0.182. The summed E-state index contributed by atoms with van der Waals surface area (Å²) in [5.74, 6) is 2.13. The van der Waals surface area contributed by atoms with Crippen LogP contribution in [0.25, 0.3) is 0 Å². The van der Waals surface area contributed by atoms with Crippen LogP contribution in [0.5, 0.6) is 0 Å². The number of aliphatic hydroxyl groups excluding tert-OH is 2. The van der Waals surface area contributed by atoms with Crippen molar-refractivity contribution in [1.82, 2.24) is 0 Å². The molecule has 0 saturated heterocycles.